The average Bonchev–Trinajstić information content (AvgIpc) is 2.59. The zero-order chi connectivity index (χ0) is 18.1. The highest BCUT2D eigenvalue weighted by Gasteiger charge is 2.08. The molecule has 0 atom stereocenters. The van der Waals surface area contributed by atoms with Crippen molar-refractivity contribution in [3.63, 3.8) is 0 Å². The number of halogens is 1. The molecule has 0 aliphatic carbocycles. The third-order valence-corrected chi connectivity index (χ3v) is 3.44. The SMILES string of the molecule is CCNC(=NCC(=O)Nc1cccc(F)c1)N(C)Cc1ccccc1. The molecule has 132 valence electrons. The van der Waals surface area contributed by atoms with Gasteiger partial charge in [0.25, 0.3) is 0 Å². The third kappa shape index (κ3) is 6.25. The molecule has 0 fully saturated rings. The Balaban J connectivity index is 1.97. The van der Waals surface area contributed by atoms with E-state index in [1.807, 2.05) is 49.2 Å². The van der Waals surface area contributed by atoms with E-state index in [1.54, 1.807) is 12.1 Å². The zero-order valence-electron chi connectivity index (χ0n) is 14.5. The highest BCUT2D eigenvalue weighted by molar-refractivity contribution is 5.94. The van der Waals surface area contributed by atoms with Crippen LogP contribution >= 0.6 is 0 Å². The second-order valence-electron chi connectivity index (χ2n) is 5.57. The fourth-order valence-electron chi connectivity index (χ4n) is 2.32. The number of nitrogens with zero attached hydrogens (tertiary/aromatic N) is 2. The standard InChI is InChI=1S/C19H23FN4O/c1-3-21-19(24(2)14-15-8-5-4-6-9-15)22-13-18(25)23-17-11-7-10-16(20)12-17/h4-12H,3,13-14H2,1-2H3,(H,21,22)(H,23,25). The summed E-state index contributed by atoms with van der Waals surface area (Å²) in [5.41, 5.74) is 1.57. The second kappa shape index (κ2) is 9.42. The molecular formula is C19H23FN4O. The van der Waals surface area contributed by atoms with Crippen molar-refractivity contribution in [3.8, 4) is 0 Å². The van der Waals surface area contributed by atoms with Gasteiger partial charge >= 0.3 is 0 Å². The Kier molecular flexibility index (Phi) is 6.95. The molecule has 0 bridgehead atoms. The maximum atomic E-state index is 13.1. The van der Waals surface area contributed by atoms with Gasteiger partial charge in [-0.1, -0.05) is 36.4 Å². The first-order valence-corrected chi connectivity index (χ1v) is 8.17. The van der Waals surface area contributed by atoms with Crippen molar-refractivity contribution < 1.29 is 9.18 Å². The van der Waals surface area contributed by atoms with E-state index in [-0.39, 0.29) is 12.5 Å². The number of benzene rings is 2. The van der Waals surface area contributed by atoms with E-state index in [9.17, 15) is 9.18 Å². The van der Waals surface area contributed by atoms with E-state index in [1.165, 1.54) is 12.1 Å². The van der Waals surface area contributed by atoms with Crippen molar-refractivity contribution in [2.75, 3.05) is 25.5 Å². The smallest absolute Gasteiger partial charge is 0.246 e. The van der Waals surface area contributed by atoms with Gasteiger partial charge in [0.1, 0.15) is 12.4 Å². The summed E-state index contributed by atoms with van der Waals surface area (Å²) in [6, 6.07) is 15.8. The molecule has 0 aromatic heterocycles. The minimum Gasteiger partial charge on any atom is -0.357 e. The Morgan fingerprint density at radius 3 is 2.60 bits per heavy atom. The highest BCUT2D eigenvalue weighted by atomic mass is 19.1. The number of hydrogen-bond acceptors (Lipinski definition) is 2. The third-order valence-electron chi connectivity index (χ3n) is 3.44. The van der Waals surface area contributed by atoms with Crippen LogP contribution in [0.4, 0.5) is 10.1 Å². The summed E-state index contributed by atoms with van der Waals surface area (Å²) in [5.74, 6) is -0.0490. The van der Waals surface area contributed by atoms with Crippen LogP contribution in [-0.2, 0) is 11.3 Å². The minimum atomic E-state index is -0.391. The fourth-order valence-corrected chi connectivity index (χ4v) is 2.32. The Bertz CT molecular complexity index is 718. The fraction of sp³-hybridized carbons (Fsp3) is 0.263. The predicted molar refractivity (Wildman–Crippen MR) is 98.9 cm³/mol. The van der Waals surface area contributed by atoms with Gasteiger partial charge in [-0.3, -0.25) is 4.79 Å². The summed E-state index contributed by atoms with van der Waals surface area (Å²) in [7, 11) is 1.92. The molecule has 25 heavy (non-hydrogen) atoms. The molecule has 0 aliphatic heterocycles. The molecule has 0 heterocycles. The average molecular weight is 342 g/mol. The number of amides is 1. The first-order valence-electron chi connectivity index (χ1n) is 8.17. The molecule has 2 N–H and O–H groups in total. The predicted octanol–water partition coefficient (Wildman–Crippen LogP) is 2.86. The monoisotopic (exact) mass is 342 g/mol. The summed E-state index contributed by atoms with van der Waals surface area (Å²) in [6.45, 7) is 3.30. The van der Waals surface area contributed by atoms with Gasteiger partial charge < -0.3 is 15.5 Å². The van der Waals surface area contributed by atoms with Gasteiger partial charge in [0.2, 0.25) is 5.91 Å². The van der Waals surface area contributed by atoms with Crippen LogP contribution in [0, 0.1) is 5.82 Å². The van der Waals surface area contributed by atoms with Crippen molar-refractivity contribution in [1.82, 2.24) is 10.2 Å². The van der Waals surface area contributed by atoms with E-state index in [4.69, 9.17) is 0 Å². The Morgan fingerprint density at radius 2 is 1.92 bits per heavy atom. The summed E-state index contributed by atoms with van der Waals surface area (Å²) in [5, 5.41) is 5.80. The number of anilines is 1. The summed E-state index contributed by atoms with van der Waals surface area (Å²) in [4.78, 5) is 18.3. The lowest BCUT2D eigenvalue weighted by Gasteiger charge is -2.22. The van der Waals surface area contributed by atoms with E-state index < -0.39 is 5.82 Å². The molecule has 0 saturated carbocycles. The normalized spacial score (nSPS) is 11.1. The van der Waals surface area contributed by atoms with E-state index >= 15 is 0 Å². The van der Waals surface area contributed by atoms with Crippen molar-refractivity contribution in [2.45, 2.75) is 13.5 Å². The molecule has 0 aliphatic rings. The number of hydrogen-bond donors (Lipinski definition) is 2. The van der Waals surface area contributed by atoms with Crippen molar-refractivity contribution in [3.05, 3.63) is 66.0 Å². The van der Waals surface area contributed by atoms with Crippen LogP contribution in [0.3, 0.4) is 0 Å². The molecule has 0 saturated heterocycles. The van der Waals surface area contributed by atoms with E-state index in [2.05, 4.69) is 15.6 Å². The lowest BCUT2D eigenvalue weighted by Crippen LogP contribution is -2.39. The number of carbonyl (C=O) groups excluding carboxylic acids is 1. The first-order chi connectivity index (χ1) is 12.1. The maximum absolute atomic E-state index is 13.1. The molecular weight excluding hydrogens is 319 g/mol. The van der Waals surface area contributed by atoms with Gasteiger partial charge in [0.05, 0.1) is 0 Å². The molecule has 2 rings (SSSR count). The van der Waals surface area contributed by atoms with Gasteiger partial charge in [-0.15, -0.1) is 0 Å². The summed E-state index contributed by atoms with van der Waals surface area (Å²) >= 11 is 0. The van der Waals surface area contributed by atoms with E-state index in [0.29, 0.717) is 24.7 Å². The molecule has 1 amide bonds. The Hall–Kier alpha value is -2.89. The van der Waals surface area contributed by atoms with Crippen LogP contribution < -0.4 is 10.6 Å². The number of carbonyl (C=O) groups is 1. The van der Waals surface area contributed by atoms with Crippen LogP contribution in [0.1, 0.15) is 12.5 Å². The second-order valence-corrected chi connectivity index (χ2v) is 5.57. The highest BCUT2D eigenvalue weighted by Crippen LogP contribution is 2.09. The van der Waals surface area contributed by atoms with E-state index in [0.717, 1.165) is 5.56 Å². The van der Waals surface area contributed by atoms with Crippen LogP contribution in [0.5, 0.6) is 0 Å². The quantitative estimate of drug-likeness (QED) is 0.627. The van der Waals surface area contributed by atoms with Gasteiger partial charge in [-0.25, -0.2) is 9.38 Å². The molecule has 0 spiro atoms. The van der Waals surface area contributed by atoms with Crippen molar-refractivity contribution in [1.29, 1.82) is 0 Å². The topological polar surface area (TPSA) is 56.7 Å². The number of aliphatic imine (C=N–C) groups is 1. The Labute approximate surface area is 147 Å². The van der Waals surface area contributed by atoms with Crippen molar-refractivity contribution >= 4 is 17.6 Å². The number of rotatable bonds is 6. The molecule has 0 unspecified atom stereocenters. The zero-order valence-corrected chi connectivity index (χ0v) is 14.5. The van der Waals surface area contributed by atoms with Gasteiger partial charge in [-0.2, -0.15) is 0 Å². The number of guanidine groups is 1. The van der Waals surface area contributed by atoms with Crippen LogP contribution in [0.25, 0.3) is 0 Å². The van der Waals surface area contributed by atoms with Gasteiger partial charge in [0.15, 0.2) is 5.96 Å². The molecule has 0 radical (unpaired) electrons. The van der Waals surface area contributed by atoms with Gasteiger partial charge in [-0.05, 0) is 30.7 Å². The van der Waals surface area contributed by atoms with Crippen LogP contribution in [0.15, 0.2) is 59.6 Å². The van der Waals surface area contributed by atoms with Crippen LogP contribution in [-0.4, -0.2) is 36.9 Å². The van der Waals surface area contributed by atoms with Crippen molar-refractivity contribution in [2.24, 2.45) is 4.99 Å². The molecule has 2 aromatic carbocycles. The molecule has 2 aromatic rings. The molecule has 5 nitrogen and oxygen atoms in total. The first kappa shape index (κ1) is 18.4. The maximum Gasteiger partial charge on any atom is 0.246 e. The number of nitrogens with one attached hydrogen (secondary N) is 2. The lowest BCUT2D eigenvalue weighted by atomic mass is 10.2. The molecule has 6 heteroatoms. The largest absolute Gasteiger partial charge is 0.357 e. The van der Waals surface area contributed by atoms with Gasteiger partial charge in [0, 0.05) is 25.8 Å². The Morgan fingerprint density at radius 1 is 1.16 bits per heavy atom. The van der Waals surface area contributed by atoms with Crippen LogP contribution in [0.2, 0.25) is 0 Å². The lowest BCUT2D eigenvalue weighted by molar-refractivity contribution is -0.114. The minimum absolute atomic E-state index is 0.0437. The summed E-state index contributed by atoms with van der Waals surface area (Å²) < 4.78 is 13.1. The summed E-state index contributed by atoms with van der Waals surface area (Å²) in [6.07, 6.45) is 0.